The second kappa shape index (κ2) is 6.85. The number of ether oxygens (including phenoxy) is 1. The molecule has 19 heavy (non-hydrogen) atoms. The fourth-order valence-corrected chi connectivity index (χ4v) is 2.46. The molecule has 3 nitrogen and oxygen atoms in total. The Morgan fingerprint density at radius 3 is 2.42 bits per heavy atom. The van der Waals surface area contributed by atoms with Gasteiger partial charge in [-0.1, -0.05) is 29.8 Å². The van der Waals surface area contributed by atoms with E-state index in [2.05, 4.69) is 15.9 Å². The Bertz CT molecular complexity index is 480. The van der Waals surface area contributed by atoms with Gasteiger partial charge in [0.2, 0.25) is 0 Å². The van der Waals surface area contributed by atoms with Gasteiger partial charge in [-0.25, -0.2) is 0 Å². The largest absolute Gasteiger partial charge is 0.465 e. The number of Topliss-reactive ketones (excluding diaryl/α,β-unsaturated/α-hetero) is 1. The molecule has 0 saturated heterocycles. The van der Waals surface area contributed by atoms with Gasteiger partial charge in [-0.15, -0.1) is 0 Å². The van der Waals surface area contributed by atoms with E-state index in [1.807, 2.05) is 32.9 Å². The first kappa shape index (κ1) is 15.9. The van der Waals surface area contributed by atoms with E-state index in [9.17, 15) is 9.59 Å². The zero-order valence-corrected chi connectivity index (χ0v) is 13.3. The summed E-state index contributed by atoms with van der Waals surface area (Å²) in [5, 5.41) is 0. The van der Waals surface area contributed by atoms with Gasteiger partial charge in [-0.2, -0.15) is 0 Å². The number of esters is 1. The quantitative estimate of drug-likeness (QED) is 0.470. The molecule has 0 N–H and O–H groups in total. The van der Waals surface area contributed by atoms with Crippen LogP contribution in [0.2, 0.25) is 0 Å². The van der Waals surface area contributed by atoms with E-state index in [0.717, 1.165) is 10.0 Å². The van der Waals surface area contributed by atoms with Crippen LogP contribution in [0.3, 0.4) is 0 Å². The summed E-state index contributed by atoms with van der Waals surface area (Å²) >= 11 is 3.36. The van der Waals surface area contributed by atoms with Gasteiger partial charge in [0, 0.05) is 10.0 Å². The van der Waals surface area contributed by atoms with Gasteiger partial charge < -0.3 is 4.74 Å². The Labute approximate surface area is 122 Å². The van der Waals surface area contributed by atoms with Crippen LogP contribution >= 0.6 is 15.9 Å². The third-order valence-electron chi connectivity index (χ3n) is 2.94. The number of halogens is 1. The van der Waals surface area contributed by atoms with E-state index >= 15 is 0 Å². The van der Waals surface area contributed by atoms with Gasteiger partial charge in [0.05, 0.1) is 6.61 Å². The van der Waals surface area contributed by atoms with Crippen LogP contribution < -0.4 is 0 Å². The maximum atomic E-state index is 12.5. The number of benzene rings is 1. The summed E-state index contributed by atoms with van der Waals surface area (Å²) in [4.78, 5) is 24.4. The highest BCUT2D eigenvalue weighted by Gasteiger charge is 2.32. The lowest BCUT2D eigenvalue weighted by Gasteiger charge is -2.19. The van der Waals surface area contributed by atoms with Crippen molar-refractivity contribution in [3.8, 4) is 0 Å². The smallest absolute Gasteiger partial charge is 0.317 e. The summed E-state index contributed by atoms with van der Waals surface area (Å²) in [7, 11) is 0. The molecular weight excluding hydrogens is 308 g/mol. The van der Waals surface area contributed by atoms with Crippen molar-refractivity contribution >= 4 is 27.7 Å². The first-order valence-corrected chi connectivity index (χ1v) is 7.14. The molecule has 0 radical (unpaired) electrons. The van der Waals surface area contributed by atoms with Gasteiger partial charge in [0.15, 0.2) is 5.78 Å². The van der Waals surface area contributed by atoms with E-state index in [0.29, 0.717) is 5.56 Å². The molecule has 0 aliphatic rings. The van der Waals surface area contributed by atoms with Gasteiger partial charge in [-0.05, 0) is 43.5 Å². The van der Waals surface area contributed by atoms with E-state index in [1.165, 1.54) is 0 Å². The molecule has 0 aliphatic carbocycles. The molecule has 0 heterocycles. The number of aryl methyl sites for hydroxylation is 1. The molecular formula is C15H19BrO3. The number of hydrogen-bond acceptors (Lipinski definition) is 3. The predicted molar refractivity (Wildman–Crippen MR) is 78.2 cm³/mol. The summed E-state index contributed by atoms with van der Waals surface area (Å²) in [6, 6.07) is 5.43. The average Bonchev–Trinajstić information content (AvgIpc) is 2.28. The minimum atomic E-state index is -0.736. The molecule has 1 rings (SSSR count). The van der Waals surface area contributed by atoms with Gasteiger partial charge in [0.1, 0.15) is 5.92 Å². The molecule has 0 fully saturated rings. The van der Waals surface area contributed by atoms with E-state index in [-0.39, 0.29) is 18.3 Å². The van der Waals surface area contributed by atoms with Crippen molar-refractivity contribution in [1.82, 2.24) is 0 Å². The number of rotatable bonds is 5. The van der Waals surface area contributed by atoms with Crippen molar-refractivity contribution in [3.63, 3.8) is 0 Å². The zero-order valence-electron chi connectivity index (χ0n) is 11.7. The first-order chi connectivity index (χ1) is 8.88. The van der Waals surface area contributed by atoms with Crippen LogP contribution in [-0.4, -0.2) is 18.4 Å². The van der Waals surface area contributed by atoms with E-state index in [1.54, 1.807) is 13.0 Å². The minimum absolute atomic E-state index is 0.0883. The molecule has 1 atom stereocenters. The molecule has 1 unspecified atom stereocenters. The Hall–Kier alpha value is -1.16. The molecule has 0 aliphatic heterocycles. The summed E-state index contributed by atoms with van der Waals surface area (Å²) < 4.78 is 5.92. The molecule has 4 heteroatoms. The van der Waals surface area contributed by atoms with Crippen molar-refractivity contribution in [3.05, 3.63) is 33.8 Å². The summed E-state index contributed by atoms with van der Waals surface area (Å²) in [6.45, 7) is 7.60. The summed E-state index contributed by atoms with van der Waals surface area (Å²) in [5.41, 5.74) is 1.43. The molecule has 0 amide bonds. The predicted octanol–water partition coefficient (Wildman–Crippen LogP) is 3.78. The lowest BCUT2D eigenvalue weighted by Crippen LogP contribution is -2.31. The second-order valence-electron chi connectivity index (χ2n) is 4.80. The Morgan fingerprint density at radius 1 is 1.32 bits per heavy atom. The maximum Gasteiger partial charge on any atom is 0.317 e. The van der Waals surface area contributed by atoms with Crippen molar-refractivity contribution in [1.29, 1.82) is 0 Å². The molecule has 1 aromatic carbocycles. The van der Waals surface area contributed by atoms with Crippen LogP contribution in [0.5, 0.6) is 0 Å². The van der Waals surface area contributed by atoms with Crippen molar-refractivity contribution in [2.24, 2.45) is 11.8 Å². The van der Waals surface area contributed by atoms with Crippen LogP contribution in [0.1, 0.15) is 36.7 Å². The summed E-state index contributed by atoms with van der Waals surface area (Å²) in [5.74, 6) is -1.43. The van der Waals surface area contributed by atoms with Gasteiger partial charge in [0.25, 0.3) is 0 Å². The number of ketones is 1. The maximum absolute atomic E-state index is 12.5. The fraction of sp³-hybridized carbons (Fsp3) is 0.467. The summed E-state index contributed by atoms with van der Waals surface area (Å²) in [6.07, 6.45) is 0. The third kappa shape index (κ3) is 3.90. The number of carbonyl (C=O) groups excluding carboxylic acids is 2. The molecule has 0 saturated carbocycles. The molecule has 104 valence electrons. The highest BCUT2D eigenvalue weighted by molar-refractivity contribution is 9.10. The van der Waals surface area contributed by atoms with Crippen molar-refractivity contribution in [2.75, 3.05) is 6.61 Å². The highest BCUT2D eigenvalue weighted by Crippen LogP contribution is 2.23. The monoisotopic (exact) mass is 326 g/mol. The molecule has 0 aromatic heterocycles. The standard InChI is InChI=1S/C15H19BrO3/c1-5-19-15(18)13(9(2)3)14(17)12-7-6-11(16)8-10(12)4/h6-9,13H,5H2,1-4H3. The zero-order chi connectivity index (χ0) is 14.6. The SMILES string of the molecule is CCOC(=O)C(C(=O)c1ccc(Br)cc1C)C(C)C. The molecule has 0 spiro atoms. The Balaban J connectivity index is 3.09. The number of carbonyl (C=O) groups is 2. The van der Waals surface area contributed by atoms with Crippen LogP contribution in [0.15, 0.2) is 22.7 Å². The lowest BCUT2D eigenvalue weighted by atomic mass is 9.86. The third-order valence-corrected chi connectivity index (χ3v) is 3.44. The van der Waals surface area contributed by atoms with Gasteiger partial charge in [-0.3, -0.25) is 9.59 Å². The first-order valence-electron chi connectivity index (χ1n) is 6.35. The minimum Gasteiger partial charge on any atom is -0.465 e. The topological polar surface area (TPSA) is 43.4 Å². The second-order valence-corrected chi connectivity index (χ2v) is 5.71. The van der Waals surface area contributed by atoms with Crippen molar-refractivity contribution < 1.29 is 14.3 Å². The van der Waals surface area contributed by atoms with Crippen LogP contribution in [0.25, 0.3) is 0 Å². The molecule has 1 aromatic rings. The van der Waals surface area contributed by atoms with Crippen LogP contribution in [-0.2, 0) is 9.53 Å². The van der Waals surface area contributed by atoms with E-state index < -0.39 is 11.9 Å². The normalized spacial score (nSPS) is 12.3. The highest BCUT2D eigenvalue weighted by atomic mass is 79.9. The molecule has 0 bridgehead atoms. The van der Waals surface area contributed by atoms with Crippen LogP contribution in [0.4, 0.5) is 0 Å². The fourth-order valence-electron chi connectivity index (χ4n) is 1.99. The lowest BCUT2D eigenvalue weighted by molar-refractivity contribution is -0.147. The van der Waals surface area contributed by atoms with E-state index in [4.69, 9.17) is 4.74 Å². The van der Waals surface area contributed by atoms with Crippen molar-refractivity contribution in [2.45, 2.75) is 27.7 Å². The Morgan fingerprint density at radius 2 is 1.95 bits per heavy atom. The average molecular weight is 327 g/mol. The number of hydrogen-bond donors (Lipinski definition) is 0. The van der Waals surface area contributed by atoms with Crippen LogP contribution in [0, 0.1) is 18.8 Å². The Kier molecular flexibility index (Phi) is 5.73. The van der Waals surface area contributed by atoms with Gasteiger partial charge >= 0.3 is 5.97 Å².